The van der Waals surface area contributed by atoms with Crippen LogP contribution >= 0.6 is 0 Å². The molecule has 2 nitrogen and oxygen atoms in total. The van der Waals surface area contributed by atoms with Gasteiger partial charge in [0.15, 0.2) is 0 Å². The summed E-state index contributed by atoms with van der Waals surface area (Å²) >= 11 is 0. The summed E-state index contributed by atoms with van der Waals surface area (Å²) < 4.78 is 0. The maximum absolute atomic E-state index is 3.87. The van der Waals surface area contributed by atoms with Gasteiger partial charge >= 0.3 is 0 Å². The summed E-state index contributed by atoms with van der Waals surface area (Å²) in [6.07, 6.45) is 7.67. The van der Waals surface area contributed by atoms with E-state index < -0.39 is 0 Å². The van der Waals surface area contributed by atoms with Crippen molar-refractivity contribution >= 4 is 0 Å². The van der Waals surface area contributed by atoms with Gasteiger partial charge in [0, 0.05) is 11.6 Å². The fourth-order valence-corrected chi connectivity index (χ4v) is 3.78. The van der Waals surface area contributed by atoms with Gasteiger partial charge in [-0.2, -0.15) is 0 Å². The van der Waals surface area contributed by atoms with Crippen LogP contribution in [-0.2, 0) is 6.42 Å². The molecule has 2 unspecified atom stereocenters. The van der Waals surface area contributed by atoms with Crippen LogP contribution < -0.4 is 5.32 Å². The van der Waals surface area contributed by atoms with Gasteiger partial charge < -0.3 is 5.32 Å². The number of benzene rings is 1. The van der Waals surface area contributed by atoms with Crippen LogP contribution in [0, 0.1) is 0 Å². The Hall–Kier alpha value is -0.860. The van der Waals surface area contributed by atoms with Gasteiger partial charge in [0.05, 0.1) is 0 Å². The van der Waals surface area contributed by atoms with E-state index in [0.717, 1.165) is 13.0 Å². The van der Waals surface area contributed by atoms with Crippen molar-refractivity contribution in [1.82, 2.24) is 10.2 Å². The van der Waals surface area contributed by atoms with Crippen LogP contribution in [0.4, 0.5) is 0 Å². The third-order valence-corrected chi connectivity index (χ3v) is 5.47. The van der Waals surface area contributed by atoms with Crippen LogP contribution in [0.25, 0.3) is 0 Å². The molecule has 1 fully saturated rings. The smallest absolute Gasteiger partial charge is 0.0335 e. The Bertz CT molecular complexity index is 411. The second-order valence-corrected chi connectivity index (χ2v) is 6.95. The van der Waals surface area contributed by atoms with Crippen molar-refractivity contribution in [3.05, 3.63) is 35.9 Å². The number of hydrogen-bond donors (Lipinski definition) is 1. The van der Waals surface area contributed by atoms with Crippen LogP contribution in [0.5, 0.6) is 0 Å². The molecule has 0 amide bonds. The zero-order valence-electron chi connectivity index (χ0n) is 14.8. The Balaban J connectivity index is 2.16. The molecule has 2 heteroatoms. The summed E-state index contributed by atoms with van der Waals surface area (Å²) in [5.74, 6) is 0. The highest BCUT2D eigenvalue weighted by molar-refractivity contribution is 5.17. The largest absolute Gasteiger partial charge is 0.312 e. The first-order chi connectivity index (χ1) is 10.7. The van der Waals surface area contributed by atoms with Gasteiger partial charge in [-0.3, -0.25) is 4.90 Å². The van der Waals surface area contributed by atoms with Crippen molar-refractivity contribution in [3.8, 4) is 0 Å². The maximum atomic E-state index is 3.87. The first kappa shape index (κ1) is 17.5. The predicted octanol–water partition coefficient (Wildman–Crippen LogP) is 4.25. The molecule has 2 atom stereocenters. The van der Waals surface area contributed by atoms with Crippen molar-refractivity contribution in [2.24, 2.45) is 0 Å². The second-order valence-electron chi connectivity index (χ2n) is 6.95. The zero-order valence-corrected chi connectivity index (χ0v) is 14.8. The van der Waals surface area contributed by atoms with Crippen molar-refractivity contribution in [3.63, 3.8) is 0 Å². The molecule has 2 rings (SSSR count). The van der Waals surface area contributed by atoms with Crippen molar-refractivity contribution in [2.45, 2.75) is 70.9 Å². The number of hydrogen-bond acceptors (Lipinski definition) is 2. The molecule has 0 saturated carbocycles. The van der Waals surface area contributed by atoms with Gasteiger partial charge in [0.2, 0.25) is 0 Å². The van der Waals surface area contributed by atoms with Gasteiger partial charge in [0.25, 0.3) is 0 Å². The first-order valence-electron chi connectivity index (χ1n) is 9.23. The maximum Gasteiger partial charge on any atom is 0.0335 e. The fraction of sp³-hybridized carbons (Fsp3) is 0.700. The molecule has 1 heterocycles. The molecule has 0 radical (unpaired) electrons. The van der Waals surface area contributed by atoms with Crippen LogP contribution in [-0.4, -0.2) is 36.1 Å². The number of nitrogens with one attached hydrogen (secondary N) is 1. The van der Waals surface area contributed by atoms with Crippen LogP contribution in [0.15, 0.2) is 30.3 Å². The minimum absolute atomic E-state index is 0.255. The SMILES string of the molecule is CCCNC(Cc1ccccc1)C(C)(CC)N1CCCCC1. The average molecular weight is 303 g/mol. The lowest BCUT2D eigenvalue weighted by Gasteiger charge is -2.48. The van der Waals surface area contributed by atoms with Crippen molar-refractivity contribution in [2.75, 3.05) is 19.6 Å². The number of likely N-dealkylation sites (tertiary alicyclic amines) is 1. The monoisotopic (exact) mass is 302 g/mol. The van der Waals surface area contributed by atoms with E-state index in [-0.39, 0.29) is 5.54 Å². The van der Waals surface area contributed by atoms with Crippen molar-refractivity contribution < 1.29 is 0 Å². The summed E-state index contributed by atoms with van der Waals surface area (Å²) in [6.45, 7) is 10.7. The first-order valence-corrected chi connectivity index (χ1v) is 9.23. The summed E-state index contributed by atoms with van der Waals surface area (Å²) in [5.41, 5.74) is 1.71. The van der Waals surface area contributed by atoms with E-state index >= 15 is 0 Å². The van der Waals surface area contributed by atoms with E-state index in [4.69, 9.17) is 0 Å². The summed E-state index contributed by atoms with van der Waals surface area (Å²) in [6, 6.07) is 11.5. The minimum atomic E-state index is 0.255. The highest BCUT2D eigenvalue weighted by atomic mass is 15.2. The lowest BCUT2D eigenvalue weighted by Crippen LogP contribution is -2.61. The third kappa shape index (κ3) is 4.33. The fourth-order valence-electron chi connectivity index (χ4n) is 3.78. The summed E-state index contributed by atoms with van der Waals surface area (Å²) in [5, 5.41) is 3.87. The molecule has 1 aliphatic rings. The molecule has 0 aliphatic carbocycles. The van der Waals surface area contributed by atoms with E-state index in [1.165, 1.54) is 50.8 Å². The Morgan fingerprint density at radius 3 is 2.36 bits per heavy atom. The van der Waals surface area contributed by atoms with E-state index in [1.54, 1.807) is 0 Å². The normalized spacial score (nSPS) is 20.5. The number of rotatable bonds is 8. The predicted molar refractivity (Wildman–Crippen MR) is 96.3 cm³/mol. The molecule has 0 bridgehead atoms. The van der Waals surface area contributed by atoms with E-state index in [2.05, 4.69) is 61.3 Å². The Labute approximate surface area is 137 Å². The zero-order chi connectivity index (χ0) is 15.8. The summed E-state index contributed by atoms with van der Waals surface area (Å²) in [7, 11) is 0. The number of nitrogens with zero attached hydrogens (tertiary/aromatic N) is 1. The molecule has 124 valence electrons. The molecule has 1 aromatic rings. The quantitative estimate of drug-likeness (QED) is 0.772. The van der Waals surface area contributed by atoms with Gasteiger partial charge in [0.1, 0.15) is 0 Å². The molecule has 1 saturated heterocycles. The molecule has 0 aromatic heterocycles. The molecule has 1 aromatic carbocycles. The second kappa shape index (κ2) is 8.69. The minimum Gasteiger partial charge on any atom is -0.312 e. The van der Waals surface area contributed by atoms with Crippen LogP contribution in [0.1, 0.15) is 58.4 Å². The highest BCUT2D eigenvalue weighted by Crippen LogP contribution is 2.29. The van der Waals surface area contributed by atoms with E-state index in [9.17, 15) is 0 Å². The Morgan fingerprint density at radius 1 is 1.09 bits per heavy atom. The summed E-state index contributed by atoms with van der Waals surface area (Å²) in [4.78, 5) is 2.76. The Morgan fingerprint density at radius 2 is 1.77 bits per heavy atom. The lowest BCUT2D eigenvalue weighted by molar-refractivity contribution is 0.0429. The van der Waals surface area contributed by atoms with Crippen LogP contribution in [0.2, 0.25) is 0 Å². The topological polar surface area (TPSA) is 15.3 Å². The lowest BCUT2D eigenvalue weighted by atomic mass is 9.82. The van der Waals surface area contributed by atoms with Crippen LogP contribution in [0.3, 0.4) is 0 Å². The number of piperidine rings is 1. The third-order valence-electron chi connectivity index (χ3n) is 5.47. The van der Waals surface area contributed by atoms with E-state index in [0.29, 0.717) is 6.04 Å². The molecule has 22 heavy (non-hydrogen) atoms. The molecule has 1 aliphatic heterocycles. The average Bonchev–Trinajstić information content (AvgIpc) is 2.59. The molecule has 1 N–H and O–H groups in total. The highest BCUT2D eigenvalue weighted by Gasteiger charge is 2.38. The molecular formula is C20H34N2. The van der Waals surface area contributed by atoms with Gasteiger partial charge in [-0.15, -0.1) is 0 Å². The van der Waals surface area contributed by atoms with E-state index in [1.807, 2.05) is 0 Å². The van der Waals surface area contributed by atoms with Crippen molar-refractivity contribution in [1.29, 1.82) is 0 Å². The van der Waals surface area contributed by atoms with Gasteiger partial charge in [-0.25, -0.2) is 0 Å². The van der Waals surface area contributed by atoms with Gasteiger partial charge in [-0.1, -0.05) is 50.6 Å². The Kier molecular flexibility index (Phi) is 6.91. The standard InChI is InChI=1S/C20H34N2/c1-4-14-21-19(17-18-12-8-6-9-13-18)20(3,5-2)22-15-10-7-11-16-22/h6,8-9,12-13,19,21H,4-5,7,10-11,14-17H2,1-3H3. The molecular weight excluding hydrogens is 268 g/mol. The molecule has 0 spiro atoms. The van der Waals surface area contributed by atoms with Gasteiger partial charge in [-0.05, 0) is 64.2 Å².